The summed E-state index contributed by atoms with van der Waals surface area (Å²) in [6.07, 6.45) is 3.15. The number of benzene rings is 1. The Hall–Kier alpha value is -2.77. The number of halogens is 2. The number of hydrogen-bond donors (Lipinski definition) is 1. The lowest BCUT2D eigenvalue weighted by atomic mass is 10.0. The minimum atomic E-state index is -0.110. The Bertz CT molecular complexity index is 1130. The number of likely N-dealkylation sites (tertiary alicyclic amines) is 1. The normalized spacial score (nSPS) is 14.6. The minimum absolute atomic E-state index is 0.0360. The van der Waals surface area contributed by atoms with E-state index in [9.17, 15) is 9.59 Å². The van der Waals surface area contributed by atoms with Crippen LogP contribution in [0.4, 0.5) is 0 Å². The van der Waals surface area contributed by atoms with E-state index in [0.29, 0.717) is 41.7 Å². The number of hydrogen-bond acceptors (Lipinski definition) is 4. The van der Waals surface area contributed by atoms with Gasteiger partial charge in [0.1, 0.15) is 0 Å². The van der Waals surface area contributed by atoms with Crippen molar-refractivity contribution in [2.45, 2.75) is 39.2 Å². The predicted octanol–water partition coefficient (Wildman–Crippen LogP) is 4.35. The monoisotopic (exact) mass is 474 g/mol. The summed E-state index contributed by atoms with van der Waals surface area (Å²) < 4.78 is 6.97. The average molecular weight is 475 g/mol. The third-order valence-corrected chi connectivity index (χ3v) is 6.54. The molecule has 4 rings (SSSR count). The highest BCUT2D eigenvalue weighted by atomic mass is 35.5. The molecule has 1 aliphatic rings. The van der Waals surface area contributed by atoms with Crippen molar-refractivity contribution in [3.8, 4) is 5.69 Å². The van der Waals surface area contributed by atoms with Gasteiger partial charge in [-0.2, -0.15) is 5.10 Å². The van der Waals surface area contributed by atoms with Crippen molar-refractivity contribution < 1.29 is 14.0 Å². The van der Waals surface area contributed by atoms with E-state index in [1.807, 2.05) is 19.9 Å². The summed E-state index contributed by atoms with van der Waals surface area (Å²) in [6.45, 7) is 4.99. The number of carbonyl (C=O) groups is 2. The molecule has 2 amide bonds. The summed E-state index contributed by atoms with van der Waals surface area (Å²) in [5, 5.41) is 8.62. The van der Waals surface area contributed by atoms with E-state index in [4.69, 9.17) is 27.6 Å². The van der Waals surface area contributed by atoms with Crippen molar-refractivity contribution in [2.24, 2.45) is 0 Å². The summed E-state index contributed by atoms with van der Waals surface area (Å²) in [6, 6.07) is 8.73. The van der Waals surface area contributed by atoms with E-state index >= 15 is 0 Å². The van der Waals surface area contributed by atoms with Crippen LogP contribution in [0.25, 0.3) is 5.69 Å². The molecule has 1 saturated heterocycles. The van der Waals surface area contributed by atoms with Gasteiger partial charge < -0.3 is 14.6 Å². The van der Waals surface area contributed by atoms with Gasteiger partial charge in [0.15, 0.2) is 5.76 Å². The molecule has 1 fully saturated rings. The van der Waals surface area contributed by atoms with E-state index in [1.165, 1.54) is 6.26 Å². The van der Waals surface area contributed by atoms with Gasteiger partial charge in [0, 0.05) is 30.4 Å². The lowest BCUT2D eigenvalue weighted by Crippen LogP contribution is -2.46. The minimum Gasteiger partial charge on any atom is -0.459 e. The van der Waals surface area contributed by atoms with E-state index in [0.717, 1.165) is 22.6 Å². The summed E-state index contributed by atoms with van der Waals surface area (Å²) >= 11 is 12.2. The number of nitrogens with one attached hydrogen (secondary N) is 1. The first-order chi connectivity index (χ1) is 15.3. The molecule has 32 heavy (non-hydrogen) atoms. The van der Waals surface area contributed by atoms with Crippen LogP contribution < -0.4 is 5.32 Å². The number of aryl methyl sites for hydroxylation is 1. The molecule has 1 aromatic carbocycles. The smallest absolute Gasteiger partial charge is 0.289 e. The number of aromatic nitrogens is 2. The number of piperidine rings is 1. The van der Waals surface area contributed by atoms with Crippen LogP contribution in [-0.4, -0.2) is 45.6 Å². The molecular weight excluding hydrogens is 451 g/mol. The standard InChI is InChI=1S/C23H24Cl2N4O3/c1-14-18(15(2)29(27-14)17-5-6-19(24)20(25)12-17)13-22(30)26-16-7-9-28(10-8-16)23(31)21-4-3-11-32-21/h3-6,11-12,16H,7-10,13H2,1-2H3,(H,26,30). The highest BCUT2D eigenvalue weighted by Gasteiger charge is 2.26. The second-order valence-electron chi connectivity index (χ2n) is 7.95. The van der Waals surface area contributed by atoms with Gasteiger partial charge in [-0.1, -0.05) is 23.2 Å². The molecule has 9 heteroatoms. The molecule has 0 radical (unpaired) electrons. The predicted molar refractivity (Wildman–Crippen MR) is 123 cm³/mol. The Kier molecular flexibility index (Phi) is 6.58. The van der Waals surface area contributed by atoms with Gasteiger partial charge in [0.2, 0.25) is 5.91 Å². The van der Waals surface area contributed by atoms with Gasteiger partial charge in [-0.25, -0.2) is 4.68 Å². The molecule has 7 nitrogen and oxygen atoms in total. The van der Waals surface area contributed by atoms with Crippen molar-refractivity contribution in [3.63, 3.8) is 0 Å². The molecule has 0 unspecified atom stereocenters. The Labute approximate surface area is 196 Å². The number of amides is 2. The fourth-order valence-electron chi connectivity index (χ4n) is 4.02. The lowest BCUT2D eigenvalue weighted by molar-refractivity contribution is -0.121. The molecule has 0 saturated carbocycles. The van der Waals surface area contributed by atoms with Gasteiger partial charge in [-0.15, -0.1) is 0 Å². The van der Waals surface area contributed by atoms with E-state index in [1.54, 1.807) is 33.8 Å². The maximum absolute atomic E-state index is 12.7. The number of rotatable bonds is 5. The fourth-order valence-corrected chi connectivity index (χ4v) is 4.31. The zero-order valence-electron chi connectivity index (χ0n) is 17.9. The number of furan rings is 1. The quantitative estimate of drug-likeness (QED) is 0.595. The highest BCUT2D eigenvalue weighted by molar-refractivity contribution is 6.42. The van der Waals surface area contributed by atoms with Crippen molar-refractivity contribution in [2.75, 3.05) is 13.1 Å². The van der Waals surface area contributed by atoms with Gasteiger partial charge in [-0.05, 0) is 57.0 Å². The molecule has 0 atom stereocenters. The van der Waals surface area contributed by atoms with Crippen LogP contribution >= 0.6 is 23.2 Å². The molecular formula is C23H24Cl2N4O3. The Morgan fingerprint density at radius 1 is 1.16 bits per heavy atom. The third kappa shape index (κ3) is 4.69. The lowest BCUT2D eigenvalue weighted by Gasteiger charge is -2.31. The number of nitrogens with zero attached hydrogens (tertiary/aromatic N) is 3. The van der Waals surface area contributed by atoms with E-state index < -0.39 is 0 Å². The second-order valence-corrected chi connectivity index (χ2v) is 8.76. The Balaban J connectivity index is 1.36. The first-order valence-corrected chi connectivity index (χ1v) is 11.2. The Morgan fingerprint density at radius 2 is 1.91 bits per heavy atom. The van der Waals surface area contributed by atoms with Crippen LogP contribution in [0.5, 0.6) is 0 Å². The van der Waals surface area contributed by atoms with Crippen LogP contribution in [0.2, 0.25) is 10.0 Å². The van der Waals surface area contributed by atoms with Gasteiger partial charge in [0.05, 0.1) is 34.1 Å². The third-order valence-electron chi connectivity index (χ3n) is 5.81. The molecule has 168 valence electrons. The SMILES string of the molecule is Cc1nn(-c2ccc(Cl)c(Cl)c2)c(C)c1CC(=O)NC1CCN(C(=O)c2ccco2)CC1. The topological polar surface area (TPSA) is 80.4 Å². The molecule has 1 aliphatic heterocycles. The second kappa shape index (κ2) is 9.38. The average Bonchev–Trinajstić information content (AvgIpc) is 3.40. The van der Waals surface area contributed by atoms with Gasteiger partial charge >= 0.3 is 0 Å². The van der Waals surface area contributed by atoms with Crippen LogP contribution in [0.1, 0.15) is 40.3 Å². The molecule has 3 aromatic rings. The first-order valence-electron chi connectivity index (χ1n) is 10.5. The molecule has 2 aromatic heterocycles. The van der Waals surface area contributed by atoms with Crippen LogP contribution in [-0.2, 0) is 11.2 Å². The van der Waals surface area contributed by atoms with E-state index in [2.05, 4.69) is 10.4 Å². The molecule has 3 heterocycles. The van der Waals surface area contributed by atoms with E-state index in [-0.39, 0.29) is 24.3 Å². The van der Waals surface area contributed by atoms with Crippen molar-refractivity contribution in [1.82, 2.24) is 20.0 Å². The van der Waals surface area contributed by atoms with Gasteiger partial charge in [-0.3, -0.25) is 9.59 Å². The van der Waals surface area contributed by atoms with Crippen molar-refractivity contribution in [1.29, 1.82) is 0 Å². The van der Waals surface area contributed by atoms with Gasteiger partial charge in [0.25, 0.3) is 5.91 Å². The highest BCUT2D eigenvalue weighted by Crippen LogP contribution is 2.26. The van der Waals surface area contributed by atoms with Crippen LogP contribution in [0, 0.1) is 13.8 Å². The molecule has 1 N–H and O–H groups in total. The Morgan fingerprint density at radius 3 is 2.56 bits per heavy atom. The van der Waals surface area contributed by atoms with Crippen molar-refractivity contribution >= 4 is 35.0 Å². The van der Waals surface area contributed by atoms with Crippen molar-refractivity contribution in [3.05, 3.63) is 69.4 Å². The summed E-state index contributed by atoms with van der Waals surface area (Å²) in [5.74, 6) is 0.180. The summed E-state index contributed by atoms with van der Waals surface area (Å²) in [4.78, 5) is 26.9. The van der Waals surface area contributed by atoms with Crippen LogP contribution in [0.15, 0.2) is 41.0 Å². The summed E-state index contributed by atoms with van der Waals surface area (Å²) in [7, 11) is 0. The molecule has 0 spiro atoms. The zero-order valence-corrected chi connectivity index (χ0v) is 19.4. The first kappa shape index (κ1) is 22.4. The zero-order chi connectivity index (χ0) is 22.8. The molecule has 0 bridgehead atoms. The number of carbonyl (C=O) groups excluding carboxylic acids is 2. The maximum Gasteiger partial charge on any atom is 0.289 e. The maximum atomic E-state index is 12.7. The van der Waals surface area contributed by atoms with Crippen LogP contribution in [0.3, 0.4) is 0 Å². The summed E-state index contributed by atoms with van der Waals surface area (Å²) in [5.41, 5.74) is 3.36. The molecule has 0 aliphatic carbocycles. The largest absolute Gasteiger partial charge is 0.459 e. The fraction of sp³-hybridized carbons (Fsp3) is 0.348.